The topological polar surface area (TPSA) is 46.3 Å². The Kier molecular flexibility index (Phi) is 4.78. The van der Waals surface area contributed by atoms with E-state index in [-0.39, 0.29) is 11.4 Å². The molecule has 16 heavy (non-hydrogen) atoms. The summed E-state index contributed by atoms with van der Waals surface area (Å²) in [6.45, 7) is 5.21. The second kappa shape index (κ2) is 5.67. The van der Waals surface area contributed by atoms with Gasteiger partial charge in [-0.25, -0.2) is 0 Å². The lowest BCUT2D eigenvalue weighted by molar-refractivity contribution is -0.131. The van der Waals surface area contributed by atoms with Gasteiger partial charge >= 0.3 is 0 Å². The molecule has 1 amide bonds. The highest BCUT2D eigenvalue weighted by molar-refractivity contribution is 5.77. The Labute approximate surface area is 99.4 Å². The molecule has 2 N–H and O–H groups in total. The molecule has 0 aromatic carbocycles. The monoisotopic (exact) mass is 226 g/mol. The minimum absolute atomic E-state index is 0.205. The maximum Gasteiger partial charge on any atom is 0.224 e. The fraction of sp³-hybridized carbons (Fsp3) is 0.923. The predicted molar refractivity (Wildman–Crippen MR) is 67.1 cm³/mol. The number of hydrogen-bond acceptors (Lipinski definition) is 2. The van der Waals surface area contributed by atoms with Crippen LogP contribution in [-0.2, 0) is 4.79 Å². The van der Waals surface area contributed by atoms with Gasteiger partial charge in [-0.05, 0) is 25.2 Å². The molecule has 0 saturated heterocycles. The number of hydrogen-bond donors (Lipinski definition) is 1. The van der Waals surface area contributed by atoms with Crippen molar-refractivity contribution in [3.05, 3.63) is 0 Å². The maximum atomic E-state index is 12.0. The van der Waals surface area contributed by atoms with Crippen LogP contribution >= 0.6 is 0 Å². The van der Waals surface area contributed by atoms with E-state index in [4.69, 9.17) is 5.73 Å². The van der Waals surface area contributed by atoms with Gasteiger partial charge < -0.3 is 10.6 Å². The lowest BCUT2D eigenvalue weighted by atomic mass is 9.94. The first-order valence-electron chi connectivity index (χ1n) is 6.46. The lowest BCUT2D eigenvalue weighted by Gasteiger charge is -2.26. The van der Waals surface area contributed by atoms with Crippen LogP contribution in [0.15, 0.2) is 0 Å². The van der Waals surface area contributed by atoms with Crippen LogP contribution in [0.2, 0.25) is 0 Å². The van der Waals surface area contributed by atoms with Crippen LogP contribution in [0.4, 0.5) is 0 Å². The average molecular weight is 226 g/mol. The molecule has 3 heteroatoms. The molecule has 3 nitrogen and oxygen atoms in total. The summed E-state index contributed by atoms with van der Waals surface area (Å²) in [5.74, 6) is 0.860. The van der Waals surface area contributed by atoms with E-state index in [2.05, 4.69) is 13.8 Å². The van der Waals surface area contributed by atoms with Gasteiger partial charge in [0, 0.05) is 25.6 Å². The van der Waals surface area contributed by atoms with Crippen molar-refractivity contribution >= 4 is 5.91 Å². The van der Waals surface area contributed by atoms with E-state index in [0.29, 0.717) is 12.3 Å². The minimum atomic E-state index is -0.205. The van der Waals surface area contributed by atoms with Gasteiger partial charge in [-0.15, -0.1) is 0 Å². The van der Waals surface area contributed by atoms with E-state index in [0.717, 1.165) is 25.8 Å². The van der Waals surface area contributed by atoms with Crippen molar-refractivity contribution in [2.24, 2.45) is 11.7 Å². The molecule has 1 rings (SSSR count). The highest BCUT2D eigenvalue weighted by Gasteiger charge is 2.32. The first kappa shape index (κ1) is 13.5. The van der Waals surface area contributed by atoms with Crippen molar-refractivity contribution in [2.45, 2.75) is 57.9 Å². The summed E-state index contributed by atoms with van der Waals surface area (Å²) in [5, 5.41) is 0. The zero-order valence-electron chi connectivity index (χ0n) is 11.0. The molecule has 1 saturated carbocycles. The van der Waals surface area contributed by atoms with E-state index in [1.54, 1.807) is 0 Å². The first-order chi connectivity index (χ1) is 7.43. The molecule has 0 bridgehead atoms. The fourth-order valence-corrected chi connectivity index (χ4v) is 2.27. The lowest BCUT2D eigenvalue weighted by Crippen LogP contribution is -2.43. The summed E-state index contributed by atoms with van der Waals surface area (Å²) in [4.78, 5) is 13.8. The van der Waals surface area contributed by atoms with Crippen molar-refractivity contribution in [1.82, 2.24) is 4.90 Å². The number of carbonyl (C=O) groups is 1. The molecule has 1 fully saturated rings. The van der Waals surface area contributed by atoms with E-state index in [1.807, 2.05) is 11.9 Å². The van der Waals surface area contributed by atoms with E-state index >= 15 is 0 Å². The van der Waals surface area contributed by atoms with Crippen LogP contribution in [0.25, 0.3) is 0 Å². The summed E-state index contributed by atoms with van der Waals surface area (Å²) in [7, 11) is 1.89. The van der Waals surface area contributed by atoms with Gasteiger partial charge in [-0.3, -0.25) is 4.79 Å². The zero-order valence-corrected chi connectivity index (χ0v) is 11.0. The quantitative estimate of drug-likeness (QED) is 0.781. The van der Waals surface area contributed by atoms with Gasteiger partial charge in [0.05, 0.1) is 0 Å². The smallest absolute Gasteiger partial charge is 0.224 e. The van der Waals surface area contributed by atoms with Crippen molar-refractivity contribution in [3.8, 4) is 0 Å². The van der Waals surface area contributed by atoms with Gasteiger partial charge in [-0.1, -0.05) is 26.7 Å². The van der Waals surface area contributed by atoms with Crippen LogP contribution < -0.4 is 5.73 Å². The molecule has 0 radical (unpaired) electrons. The van der Waals surface area contributed by atoms with Crippen LogP contribution in [0, 0.1) is 5.92 Å². The third kappa shape index (κ3) is 4.12. The van der Waals surface area contributed by atoms with Gasteiger partial charge in [0.25, 0.3) is 0 Å². The Hall–Kier alpha value is -0.570. The molecule has 0 atom stereocenters. The number of carbonyl (C=O) groups excluding carboxylic acids is 1. The predicted octanol–water partition coefficient (Wildman–Crippen LogP) is 2.15. The van der Waals surface area contributed by atoms with Crippen molar-refractivity contribution in [2.75, 3.05) is 13.6 Å². The van der Waals surface area contributed by atoms with E-state index < -0.39 is 0 Å². The molecular formula is C13H26N2O. The molecular weight excluding hydrogens is 200 g/mol. The number of amides is 1. The Morgan fingerprint density at radius 1 is 1.38 bits per heavy atom. The second-order valence-corrected chi connectivity index (χ2v) is 5.74. The molecule has 1 aliphatic carbocycles. The molecule has 0 unspecified atom stereocenters. The van der Waals surface area contributed by atoms with Crippen LogP contribution in [0.3, 0.4) is 0 Å². The largest absolute Gasteiger partial charge is 0.346 e. The minimum Gasteiger partial charge on any atom is -0.346 e. The summed E-state index contributed by atoms with van der Waals surface area (Å²) < 4.78 is 0. The van der Waals surface area contributed by atoms with Crippen LogP contribution in [0.5, 0.6) is 0 Å². The normalized spacial score (nSPS) is 19.1. The third-order valence-electron chi connectivity index (χ3n) is 3.57. The SMILES string of the molecule is CC(C)CCN(C)C(=O)CC1(N)CCCC1. The fourth-order valence-electron chi connectivity index (χ4n) is 2.27. The van der Waals surface area contributed by atoms with Crippen LogP contribution in [0.1, 0.15) is 52.4 Å². The molecule has 0 aromatic heterocycles. The van der Waals surface area contributed by atoms with Crippen molar-refractivity contribution < 1.29 is 4.79 Å². The molecule has 0 spiro atoms. The number of nitrogens with two attached hydrogens (primary N) is 1. The number of nitrogens with zero attached hydrogens (tertiary/aromatic N) is 1. The third-order valence-corrected chi connectivity index (χ3v) is 3.57. The standard InChI is InChI=1S/C13H26N2O/c1-11(2)6-9-15(3)12(16)10-13(14)7-4-5-8-13/h11H,4-10,14H2,1-3H3. The summed E-state index contributed by atoms with van der Waals surface area (Å²) in [6, 6.07) is 0. The molecule has 0 aliphatic heterocycles. The molecule has 0 aromatic rings. The average Bonchev–Trinajstić information content (AvgIpc) is 2.61. The Morgan fingerprint density at radius 2 is 1.94 bits per heavy atom. The highest BCUT2D eigenvalue weighted by Crippen LogP contribution is 2.30. The zero-order chi connectivity index (χ0) is 12.2. The van der Waals surface area contributed by atoms with Crippen molar-refractivity contribution in [1.29, 1.82) is 0 Å². The van der Waals surface area contributed by atoms with Gasteiger partial charge in [0.15, 0.2) is 0 Å². The molecule has 94 valence electrons. The summed E-state index contributed by atoms with van der Waals surface area (Å²) in [5.41, 5.74) is 6.00. The Balaban J connectivity index is 2.33. The van der Waals surface area contributed by atoms with Crippen LogP contribution in [-0.4, -0.2) is 29.9 Å². The van der Waals surface area contributed by atoms with Crippen molar-refractivity contribution in [3.63, 3.8) is 0 Å². The molecule has 0 heterocycles. The Morgan fingerprint density at radius 3 is 2.44 bits per heavy atom. The summed E-state index contributed by atoms with van der Waals surface area (Å²) in [6.07, 6.45) is 5.98. The molecule has 1 aliphatic rings. The van der Waals surface area contributed by atoms with Gasteiger partial charge in [0.1, 0.15) is 0 Å². The maximum absolute atomic E-state index is 12.0. The summed E-state index contributed by atoms with van der Waals surface area (Å²) >= 11 is 0. The second-order valence-electron chi connectivity index (χ2n) is 5.74. The Bertz CT molecular complexity index is 232. The highest BCUT2D eigenvalue weighted by atomic mass is 16.2. The van der Waals surface area contributed by atoms with E-state index in [9.17, 15) is 4.79 Å². The first-order valence-corrected chi connectivity index (χ1v) is 6.46. The number of rotatable bonds is 5. The van der Waals surface area contributed by atoms with E-state index in [1.165, 1.54) is 12.8 Å². The van der Waals surface area contributed by atoms with Gasteiger partial charge in [-0.2, -0.15) is 0 Å². The van der Waals surface area contributed by atoms with Gasteiger partial charge in [0.2, 0.25) is 5.91 Å².